The van der Waals surface area contributed by atoms with Crippen LogP contribution in [0, 0.1) is 17.8 Å². The molecule has 1 saturated heterocycles. The summed E-state index contributed by atoms with van der Waals surface area (Å²) < 4.78 is 4.95. The zero-order chi connectivity index (χ0) is 9.43. The van der Waals surface area contributed by atoms with Gasteiger partial charge < -0.3 is 9.84 Å². The van der Waals surface area contributed by atoms with Crippen molar-refractivity contribution >= 4 is 0 Å². The first-order chi connectivity index (χ1) is 6.86. The van der Waals surface area contributed by atoms with Crippen molar-refractivity contribution in [1.82, 2.24) is 10.5 Å². The summed E-state index contributed by atoms with van der Waals surface area (Å²) in [7, 11) is 0. The second kappa shape index (κ2) is 2.86. The third-order valence-electron chi connectivity index (χ3n) is 3.21. The molecule has 0 radical (unpaired) electrons. The number of piperidine rings is 1. The van der Waals surface area contributed by atoms with Crippen molar-refractivity contribution in [3.63, 3.8) is 0 Å². The van der Waals surface area contributed by atoms with Gasteiger partial charge in [-0.15, -0.1) is 0 Å². The molecule has 2 bridgehead atoms. The molecule has 3 heteroatoms. The minimum absolute atomic E-state index is 0.0808. The quantitative estimate of drug-likeness (QED) is 0.621. The predicted octanol–water partition coefficient (Wildman–Crippen LogP) is 1.17. The van der Waals surface area contributed by atoms with Crippen molar-refractivity contribution in [3.05, 3.63) is 18.0 Å². The van der Waals surface area contributed by atoms with Crippen molar-refractivity contribution in [2.45, 2.75) is 24.8 Å². The van der Waals surface area contributed by atoms with Gasteiger partial charge in [-0.1, -0.05) is 11.1 Å². The van der Waals surface area contributed by atoms with Gasteiger partial charge in [-0.2, -0.15) is 0 Å². The summed E-state index contributed by atoms with van der Waals surface area (Å²) in [5, 5.41) is 7.12. The van der Waals surface area contributed by atoms with Crippen LogP contribution >= 0.6 is 0 Å². The van der Waals surface area contributed by atoms with Crippen LogP contribution in [0.4, 0.5) is 0 Å². The van der Waals surface area contributed by atoms with Gasteiger partial charge >= 0.3 is 0 Å². The van der Waals surface area contributed by atoms with Crippen molar-refractivity contribution in [1.29, 1.82) is 0 Å². The van der Waals surface area contributed by atoms with E-state index in [2.05, 4.69) is 22.3 Å². The molecule has 3 rings (SSSR count). The van der Waals surface area contributed by atoms with Gasteiger partial charge in [0.05, 0.1) is 11.7 Å². The summed E-state index contributed by atoms with van der Waals surface area (Å²) in [5.41, 5.74) is 0.0808. The lowest BCUT2D eigenvalue weighted by molar-refractivity contribution is 0.410. The van der Waals surface area contributed by atoms with Gasteiger partial charge in [-0.25, -0.2) is 0 Å². The van der Waals surface area contributed by atoms with Crippen LogP contribution in [0.1, 0.15) is 25.0 Å². The van der Waals surface area contributed by atoms with E-state index in [9.17, 15) is 0 Å². The molecule has 14 heavy (non-hydrogen) atoms. The summed E-state index contributed by atoms with van der Waals surface area (Å²) in [6.45, 7) is 1.13. The Kier molecular flexibility index (Phi) is 1.65. The third-order valence-corrected chi connectivity index (χ3v) is 3.21. The third kappa shape index (κ3) is 1.23. The average molecular weight is 188 g/mol. The standard InChI is InChI=1S/C11H12N2O/c1-4-11(7-9(1)8-12-11)5-2-10-3-6-13-14-10/h3,6,9,12H,1,4,7-8H2. The fourth-order valence-electron chi connectivity index (χ4n) is 2.44. The number of nitrogens with one attached hydrogen (secondary N) is 1. The normalized spacial score (nSPS) is 34.1. The van der Waals surface area contributed by atoms with E-state index in [1.165, 1.54) is 19.3 Å². The van der Waals surface area contributed by atoms with Crippen LogP contribution in [0.2, 0.25) is 0 Å². The number of hydrogen-bond acceptors (Lipinski definition) is 3. The summed E-state index contributed by atoms with van der Waals surface area (Å²) in [4.78, 5) is 0. The highest BCUT2D eigenvalue weighted by Gasteiger charge is 2.43. The second-order valence-electron chi connectivity index (χ2n) is 4.20. The first kappa shape index (κ1) is 8.07. The monoisotopic (exact) mass is 188 g/mol. The Morgan fingerprint density at radius 1 is 1.64 bits per heavy atom. The van der Waals surface area contributed by atoms with Crippen LogP contribution < -0.4 is 5.32 Å². The number of aromatic nitrogens is 1. The fourth-order valence-corrected chi connectivity index (χ4v) is 2.44. The minimum Gasteiger partial charge on any atom is -0.348 e. The van der Waals surface area contributed by atoms with Crippen LogP contribution in [-0.4, -0.2) is 17.2 Å². The van der Waals surface area contributed by atoms with Crippen molar-refractivity contribution in [3.8, 4) is 11.8 Å². The van der Waals surface area contributed by atoms with Crippen LogP contribution in [0.3, 0.4) is 0 Å². The Morgan fingerprint density at radius 3 is 3.21 bits per heavy atom. The van der Waals surface area contributed by atoms with Crippen LogP contribution in [-0.2, 0) is 0 Å². The van der Waals surface area contributed by atoms with Gasteiger partial charge in [0.15, 0.2) is 0 Å². The van der Waals surface area contributed by atoms with Gasteiger partial charge in [0.2, 0.25) is 5.76 Å². The molecule has 1 aromatic rings. The van der Waals surface area contributed by atoms with E-state index in [0.717, 1.165) is 12.5 Å². The number of hydrogen-bond donors (Lipinski definition) is 1. The molecule has 1 aromatic heterocycles. The lowest BCUT2D eigenvalue weighted by atomic mass is 10.0. The predicted molar refractivity (Wildman–Crippen MR) is 51.5 cm³/mol. The van der Waals surface area contributed by atoms with E-state index < -0.39 is 0 Å². The van der Waals surface area contributed by atoms with E-state index in [1.807, 2.05) is 0 Å². The molecule has 1 aliphatic heterocycles. The Morgan fingerprint density at radius 2 is 2.64 bits per heavy atom. The number of rotatable bonds is 0. The molecule has 0 amide bonds. The van der Waals surface area contributed by atoms with Crippen LogP contribution in [0.25, 0.3) is 0 Å². The molecule has 0 aromatic carbocycles. The smallest absolute Gasteiger partial charge is 0.209 e. The highest BCUT2D eigenvalue weighted by molar-refractivity contribution is 5.31. The van der Waals surface area contributed by atoms with Crippen LogP contribution in [0.15, 0.2) is 16.8 Å². The van der Waals surface area contributed by atoms with Gasteiger partial charge in [0, 0.05) is 6.07 Å². The van der Waals surface area contributed by atoms with E-state index >= 15 is 0 Å². The minimum atomic E-state index is 0.0808. The highest BCUT2D eigenvalue weighted by atomic mass is 16.5. The zero-order valence-electron chi connectivity index (χ0n) is 7.92. The molecule has 2 aliphatic rings. The van der Waals surface area contributed by atoms with Crippen molar-refractivity contribution in [2.75, 3.05) is 6.54 Å². The summed E-state index contributed by atoms with van der Waals surface area (Å²) in [6, 6.07) is 1.80. The molecule has 2 atom stereocenters. The fraction of sp³-hybridized carbons (Fsp3) is 0.545. The zero-order valence-corrected chi connectivity index (χ0v) is 7.92. The Hall–Kier alpha value is -1.27. The largest absolute Gasteiger partial charge is 0.348 e. The molecule has 2 heterocycles. The Balaban J connectivity index is 1.84. The van der Waals surface area contributed by atoms with Gasteiger partial charge in [-0.3, -0.25) is 0 Å². The van der Waals surface area contributed by atoms with E-state index in [1.54, 1.807) is 12.3 Å². The first-order valence-electron chi connectivity index (χ1n) is 5.05. The molecule has 1 aliphatic carbocycles. The molecule has 2 fully saturated rings. The van der Waals surface area contributed by atoms with E-state index in [4.69, 9.17) is 4.52 Å². The topological polar surface area (TPSA) is 38.1 Å². The molecule has 1 N–H and O–H groups in total. The SMILES string of the molecule is C(#CC12CCC(CN1)C2)c1ccno1. The summed E-state index contributed by atoms with van der Waals surface area (Å²) >= 11 is 0. The number of fused-ring (bicyclic) bond motifs is 2. The maximum absolute atomic E-state index is 4.95. The molecule has 3 nitrogen and oxygen atoms in total. The number of nitrogens with zero attached hydrogens (tertiary/aromatic N) is 1. The molecule has 2 unspecified atom stereocenters. The summed E-state index contributed by atoms with van der Waals surface area (Å²) in [6.07, 6.45) is 5.33. The average Bonchev–Trinajstić information content (AvgIpc) is 2.93. The lowest BCUT2D eigenvalue weighted by Gasteiger charge is -2.20. The maximum Gasteiger partial charge on any atom is 0.209 e. The van der Waals surface area contributed by atoms with E-state index in [-0.39, 0.29) is 5.54 Å². The van der Waals surface area contributed by atoms with Crippen molar-refractivity contribution < 1.29 is 4.52 Å². The Labute approximate surface area is 82.9 Å². The maximum atomic E-state index is 4.95. The Bertz CT molecular complexity index is 377. The van der Waals surface area contributed by atoms with E-state index in [0.29, 0.717) is 5.76 Å². The molecular weight excluding hydrogens is 176 g/mol. The van der Waals surface area contributed by atoms with Crippen LogP contribution in [0.5, 0.6) is 0 Å². The summed E-state index contributed by atoms with van der Waals surface area (Å²) in [5.74, 6) is 7.85. The lowest BCUT2D eigenvalue weighted by Crippen LogP contribution is -2.38. The second-order valence-corrected chi connectivity index (χ2v) is 4.20. The van der Waals surface area contributed by atoms with Gasteiger partial charge in [0.25, 0.3) is 0 Å². The highest BCUT2D eigenvalue weighted by Crippen LogP contribution is 2.39. The van der Waals surface area contributed by atoms with Gasteiger partial charge in [-0.05, 0) is 37.6 Å². The molecule has 1 saturated carbocycles. The first-order valence-corrected chi connectivity index (χ1v) is 5.05. The van der Waals surface area contributed by atoms with Gasteiger partial charge in [0.1, 0.15) is 0 Å². The molecule has 0 spiro atoms. The molecular formula is C11H12N2O. The van der Waals surface area contributed by atoms with Crippen molar-refractivity contribution in [2.24, 2.45) is 5.92 Å². The molecule has 72 valence electrons.